The van der Waals surface area contributed by atoms with Crippen LogP contribution in [0, 0.1) is 0 Å². The van der Waals surface area contributed by atoms with Crippen LogP contribution in [0.4, 0.5) is 0 Å². The summed E-state index contributed by atoms with van der Waals surface area (Å²) >= 11 is 0. The van der Waals surface area contributed by atoms with Gasteiger partial charge in [0.1, 0.15) is 0 Å². The molecule has 1 nitrogen and oxygen atoms in total. The Morgan fingerprint density at radius 3 is 2.20 bits per heavy atom. The topological polar surface area (TPSA) is 31.5 Å². The van der Waals surface area contributed by atoms with Crippen LogP contribution in [0.15, 0.2) is 12.2 Å². The molecule has 0 unspecified atom stereocenters. The van der Waals surface area contributed by atoms with Crippen molar-refractivity contribution in [1.29, 1.82) is 0 Å². The highest BCUT2D eigenvalue weighted by Gasteiger charge is 1.79. The average molecular weight is 144 g/mol. The fourth-order valence-corrected chi connectivity index (χ4v) is 0.797. The van der Waals surface area contributed by atoms with E-state index in [1.54, 1.807) is 0 Å². The van der Waals surface area contributed by atoms with Gasteiger partial charge in [-0.1, -0.05) is 38.8 Å². The maximum absolute atomic E-state index is 2.29. The highest BCUT2D eigenvalue weighted by molar-refractivity contribution is 4.79. The zero-order valence-electron chi connectivity index (χ0n) is 7.19. The van der Waals surface area contributed by atoms with Crippen LogP contribution >= 0.6 is 0 Å². The van der Waals surface area contributed by atoms with Gasteiger partial charge in [-0.3, -0.25) is 0 Å². The van der Waals surface area contributed by atoms with E-state index in [0.717, 1.165) is 0 Å². The highest BCUT2D eigenvalue weighted by Crippen LogP contribution is 1.99. The van der Waals surface area contributed by atoms with Gasteiger partial charge in [-0.2, -0.15) is 0 Å². The maximum atomic E-state index is 2.29. The molecule has 1 heteroatoms. The molecular weight excluding hydrogens is 124 g/mol. The van der Waals surface area contributed by atoms with Gasteiger partial charge in [-0.15, -0.1) is 0 Å². The van der Waals surface area contributed by atoms with Crippen molar-refractivity contribution in [2.24, 2.45) is 0 Å². The molecule has 0 radical (unpaired) electrons. The Hall–Kier alpha value is -0.300. The van der Waals surface area contributed by atoms with E-state index in [1.165, 1.54) is 32.1 Å². The number of hydrogen-bond donors (Lipinski definition) is 0. The second-order valence-electron chi connectivity index (χ2n) is 2.38. The molecule has 0 saturated carbocycles. The molecule has 0 aromatic rings. The van der Waals surface area contributed by atoms with Crippen molar-refractivity contribution < 1.29 is 5.48 Å². The Balaban J connectivity index is 0. The lowest BCUT2D eigenvalue weighted by molar-refractivity contribution is 0.728. The summed E-state index contributed by atoms with van der Waals surface area (Å²) in [6.45, 7) is 4.42. The Morgan fingerprint density at radius 1 is 1.00 bits per heavy atom. The van der Waals surface area contributed by atoms with Gasteiger partial charge in [-0.25, -0.2) is 0 Å². The lowest BCUT2D eigenvalue weighted by Crippen LogP contribution is -1.69. The van der Waals surface area contributed by atoms with Crippen LogP contribution in [0.25, 0.3) is 0 Å². The molecule has 0 atom stereocenters. The molecule has 2 N–H and O–H groups in total. The van der Waals surface area contributed by atoms with Gasteiger partial charge in [0.05, 0.1) is 0 Å². The molecule has 0 amide bonds. The molecule has 62 valence electrons. The monoisotopic (exact) mass is 144 g/mol. The molecule has 0 fully saturated rings. The van der Waals surface area contributed by atoms with Gasteiger partial charge in [0.25, 0.3) is 0 Å². The molecule has 0 aromatic carbocycles. The van der Waals surface area contributed by atoms with E-state index in [0.29, 0.717) is 0 Å². The minimum atomic E-state index is 0. The zero-order valence-corrected chi connectivity index (χ0v) is 7.19. The second-order valence-corrected chi connectivity index (χ2v) is 2.38. The van der Waals surface area contributed by atoms with E-state index in [9.17, 15) is 0 Å². The molecule has 0 rings (SSSR count). The fourth-order valence-electron chi connectivity index (χ4n) is 0.797. The van der Waals surface area contributed by atoms with Gasteiger partial charge in [-0.05, 0) is 19.3 Å². The number of allylic oxidation sites excluding steroid dienone is 2. The van der Waals surface area contributed by atoms with Crippen LogP contribution in [0.3, 0.4) is 0 Å². The van der Waals surface area contributed by atoms with Crippen molar-refractivity contribution in [2.45, 2.75) is 46.0 Å². The molecule has 0 spiro atoms. The minimum Gasteiger partial charge on any atom is -0.412 e. The van der Waals surface area contributed by atoms with Crippen LogP contribution in [0.5, 0.6) is 0 Å². The predicted octanol–water partition coefficient (Wildman–Crippen LogP) is 2.71. The Morgan fingerprint density at radius 2 is 1.70 bits per heavy atom. The van der Waals surface area contributed by atoms with Crippen molar-refractivity contribution in [1.82, 2.24) is 0 Å². The van der Waals surface area contributed by atoms with Gasteiger partial charge >= 0.3 is 0 Å². The van der Waals surface area contributed by atoms with Crippen molar-refractivity contribution in [3.8, 4) is 0 Å². The number of rotatable bonds is 5. The summed E-state index contributed by atoms with van der Waals surface area (Å²) in [5.41, 5.74) is 0. The Labute approximate surface area is 64.4 Å². The van der Waals surface area contributed by atoms with Crippen LogP contribution in [0.2, 0.25) is 0 Å². The fraction of sp³-hybridized carbons (Fsp3) is 0.778. The summed E-state index contributed by atoms with van der Waals surface area (Å²) in [7, 11) is 0. The molecule has 0 aliphatic heterocycles. The molecular formula is C9H20O. The third-order valence-corrected chi connectivity index (χ3v) is 1.38. The van der Waals surface area contributed by atoms with Crippen molar-refractivity contribution in [3.63, 3.8) is 0 Å². The van der Waals surface area contributed by atoms with Crippen LogP contribution in [-0.4, -0.2) is 5.48 Å². The Bertz CT molecular complexity index is 67.1. The quantitative estimate of drug-likeness (QED) is 0.420. The first-order valence-corrected chi connectivity index (χ1v) is 4.06. The standard InChI is InChI=1S/C9H18.H2O/c1-3-5-7-9-8-6-4-2;/h5,7H,3-4,6,8-9H2,1-2H3;1H2. The summed E-state index contributed by atoms with van der Waals surface area (Å²) in [5, 5.41) is 0. The third kappa shape index (κ3) is 10.6. The minimum absolute atomic E-state index is 0. The van der Waals surface area contributed by atoms with Crippen molar-refractivity contribution >= 4 is 0 Å². The predicted molar refractivity (Wildman–Crippen MR) is 47.2 cm³/mol. The Kier molecular flexibility index (Phi) is 14.2. The molecule has 0 saturated heterocycles. The summed E-state index contributed by atoms with van der Waals surface area (Å²) in [6.07, 6.45) is 11.1. The normalized spacial score (nSPS) is 9.80. The van der Waals surface area contributed by atoms with Gasteiger partial charge in [0.2, 0.25) is 0 Å². The lowest BCUT2D eigenvalue weighted by atomic mass is 10.2. The lowest BCUT2D eigenvalue weighted by Gasteiger charge is -1.89. The van der Waals surface area contributed by atoms with Crippen molar-refractivity contribution in [3.05, 3.63) is 12.2 Å². The summed E-state index contributed by atoms with van der Waals surface area (Å²) in [5.74, 6) is 0. The number of hydrogen-bond acceptors (Lipinski definition) is 0. The largest absolute Gasteiger partial charge is 0.412 e. The molecule has 0 aromatic heterocycles. The highest BCUT2D eigenvalue weighted by atomic mass is 16.0. The van der Waals surface area contributed by atoms with E-state index < -0.39 is 0 Å². The first-order valence-electron chi connectivity index (χ1n) is 4.06. The maximum Gasteiger partial charge on any atom is -0.0351 e. The van der Waals surface area contributed by atoms with E-state index in [2.05, 4.69) is 26.0 Å². The van der Waals surface area contributed by atoms with Gasteiger partial charge < -0.3 is 5.48 Å². The van der Waals surface area contributed by atoms with E-state index >= 15 is 0 Å². The first-order chi connectivity index (χ1) is 4.41. The van der Waals surface area contributed by atoms with Crippen LogP contribution < -0.4 is 0 Å². The summed E-state index contributed by atoms with van der Waals surface area (Å²) in [4.78, 5) is 0. The molecule has 10 heavy (non-hydrogen) atoms. The smallest absolute Gasteiger partial charge is 0.0351 e. The van der Waals surface area contributed by atoms with Gasteiger partial charge in [0.15, 0.2) is 0 Å². The first kappa shape index (κ1) is 12.4. The van der Waals surface area contributed by atoms with E-state index in [-0.39, 0.29) is 5.48 Å². The van der Waals surface area contributed by atoms with E-state index in [1.807, 2.05) is 0 Å². The SMILES string of the molecule is CCC=CCCCCC.O. The summed E-state index contributed by atoms with van der Waals surface area (Å²) in [6, 6.07) is 0. The van der Waals surface area contributed by atoms with Gasteiger partial charge in [0, 0.05) is 0 Å². The zero-order chi connectivity index (χ0) is 6.95. The van der Waals surface area contributed by atoms with Crippen LogP contribution in [0.1, 0.15) is 46.0 Å². The van der Waals surface area contributed by atoms with E-state index in [4.69, 9.17) is 0 Å². The average Bonchev–Trinajstić information content (AvgIpc) is 1.89. The third-order valence-electron chi connectivity index (χ3n) is 1.38. The molecule has 0 heterocycles. The number of unbranched alkanes of at least 4 members (excludes halogenated alkanes) is 3. The molecule has 0 bridgehead atoms. The molecule has 0 aliphatic rings. The molecule has 0 aliphatic carbocycles. The van der Waals surface area contributed by atoms with Crippen LogP contribution in [-0.2, 0) is 0 Å². The second kappa shape index (κ2) is 11.5. The van der Waals surface area contributed by atoms with Crippen molar-refractivity contribution in [2.75, 3.05) is 0 Å². The summed E-state index contributed by atoms with van der Waals surface area (Å²) < 4.78 is 0.